The molecule has 5 rings (SSSR count). The highest BCUT2D eigenvalue weighted by Gasteiger charge is 2.26. The van der Waals surface area contributed by atoms with E-state index in [0.717, 1.165) is 10.4 Å². The van der Waals surface area contributed by atoms with Crippen LogP contribution in [0.1, 0.15) is 38.8 Å². The van der Waals surface area contributed by atoms with E-state index in [-0.39, 0.29) is 29.0 Å². The molecular formula is C34H28N6O6S2. The first-order valence-corrected chi connectivity index (χ1v) is 16.4. The third-order valence-electron chi connectivity index (χ3n) is 7.27. The molecule has 0 unspecified atom stereocenters. The summed E-state index contributed by atoms with van der Waals surface area (Å²) in [6, 6.07) is 22.9. The minimum absolute atomic E-state index is 0.0306. The molecule has 1 aliphatic rings. The number of rotatable bonds is 10. The van der Waals surface area contributed by atoms with Crippen LogP contribution in [0, 0.1) is 21.4 Å². The Morgan fingerprint density at radius 2 is 1.79 bits per heavy atom. The predicted octanol–water partition coefficient (Wildman–Crippen LogP) is 5.57. The first-order chi connectivity index (χ1) is 23.1. The summed E-state index contributed by atoms with van der Waals surface area (Å²) in [5.41, 5.74) is 2.29. The number of carbonyl (C=O) groups is 4. The number of thiophene rings is 1. The summed E-state index contributed by atoms with van der Waals surface area (Å²) in [4.78, 5) is 64.9. The van der Waals surface area contributed by atoms with E-state index in [1.165, 1.54) is 60.4 Å². The molecule has 4 aromatic rings. The summed E-state index contributed by atoms with van der Waals surface area (Å²) in [7, 11) is 0. The number of carbonyl (C=O) groups excluding carboxylic acids is 4. The average molecular weight is 681 g/mol. The van der Waals surface area contributed by atoms with Gasteiger partial charge in [0, 0.05) is 46.6 Å². The highest BCUT2D eigenvalue weighted by Crippen LogP contribution is 2.37. The van der Waals surface area contributed by atoms with Crippen LogP contribution >= 0.6 is 23.1 Å². The van der Waals surface area contributed by atoms with Crippen molar-refractivity contribution < 1.29 is 24.1 Å². The van der Waals surface area contributed by atoms with Gasteiger partial charge in [0.05, 0.1) is 22.8 Å². The summed E-state index contributed by atoms with van der Waals surface area (Å²) < 4.78 is 0. The smallest absolute Gasteiger partial charge is 0.272 e. The quantitative estimate of drug-likeness (QED) is 0.0843. The molecular weight excluding hydrogens is 653 g/mol. The highest BCUT2D eigenvalue weighted by atomic mass is 32.2. The van der Waals surface area contributed by atoms with Crippen molar-refractivity contribution in [3.05, 3.63) is 122 Å². The van der Waals surface area contributed by atoms with E-state index < -0.39 is 16.7 Å². The molecule has 1 aliphatic heterocycles. The van der Waals surface area contributed by atoms with E-state index in [0.29, 0.717) is 51.8 Å². The zero-order valence-corrected chi connectivity index (χ0v) is 27.2. The number of fused-ring (bicyclic) bond motifs is 1. The molecule has 0 atom stereocenters. The summed E-state index contributed by atoms with van der Waals surface area (Å²) in [6.45, 7) is 2.44. The Hall–Kier alpha value is -5.78. The highest BCUT2D eigenvalue weighted by molar-refractivity contribution is 8.00. The Balaban J connectivity index is 1.26. The van der Waals surface area contributed by atoms with Crippen molar-refractivity contribution >= 4 is 69.2 Å². The van der Waals surface area contributed by atoms with E-state index in [1.54, 1.807) is 59.5 Å². The second-order valence-corrected chi connectivity index (χ2v) is 12.7. The van der Waals surface area contributed by atoms with Gasteiger partial charge in [-0.25, -0.2) is 0 Å². The number of nitrogens with one attached hydrogen (secondary N) is 3. The fourth-order valence-corrected chi connectivity index (χ4v) is 6.84. The maximum Gasteiger partial charge on any atom is 0.272 e. The van der Waals surface area contributed by atoms with E-state index in [9.17, 15) is 34.6 Å². The molecule has 4 amide bonds. The largest absolute Gasteiger partial charge is 0.337 e. The molecule has 48 heavy (non-hydrogen) atoms. The summed E-state index contributed by atoms with van der Waals surface area (Å²) >= 11 is 2.53. The second-order valence-electron chi connectivity index (χ2n) is 10.6. The average Bonchev–Trinajstić information content (AvgIpc) is 3.43. The Morgan fingerprint density at radius 3 is 2.48 bits per heavy atom. The monoisotopic (exact) mass is 680 g/mol. The van der Waals surface area contributed by atoms with Crippen molar-refractivity contribution in [1.82, 2.24) is 10.2 Å². The van der Waals surface area contributed by atoms with Crippen LogP contribution in [0.3, 0.4) is 0 Å². The summed E-state index contributed by atoms with van der Waals surface area (Å²) in [6.07, 6.45) is 1.97. The first kappa shape index (κ1) is 33.6. The fourth-order valence-electron chi connectivity index (χ4n) is 4.85. The molecule has 0 fully saturated rings. The predicted molar refractivity (Wildman–Crippen MR) is 183 cm³/mol. The fraction of sp³-hybridized carbons (Fsp3) is 0.147. The number of hydrogen-bond acceptors (Lipinski definition) is 9. The number of hydrogen-bond donors (Lipinski definition) is 3. The van der Waals surface area contributed by atoms with Crippen LogP contribution in [0.15, 0.2) is 89.5 Å². The number of benzene rings is 3. The number of nitrogens with zero attached hydrogens (tertiary/aromatic N) is 3. The molecule has 3 aromatic carbocycles. The third kappa shape index (κ3) is 8.32. The van der Waals surface area contributed by atoms with Crippen LogP contribution in [0.2, 0.25) is 0 Å². The van der Waals surface area contributed by atoms with Gasteiger partial charge in [0.25, 0.3) is 17.5 Å². The Kier molecular flexibility index (Phi) is 10.6. The SMILES string of the molecule is CC(=O)N1CCc2c(sc(NC(=O)CSc3cccc(NC(=O)/C(=C\c4ccc([N+](=O)[O-])cc4)NC(=O)c4ccccc4)c3)c2C#N)C1. The molecule has 14 heteroatoms. The van der Waals surface area contributed by atoms with E-state index in [4.69, 9.17) is 0 Å². The van der Waals surface area contributed by atoms with Gasteiger partial charge in [-0.2, -0.15) is 5.26 Å². The minimum atomic E-state index is -0.633. The summed E-state index contributed by atoms with van der Waals surface area (Å²) in [5, 5.41) is 29.5. The van der Waals surface area contributed by atoms with Gasteiger partial charge >= 0.3 is 0 Å². The van der Waals surface area contributed by atoms with Crippen molar-refractivity contribution in [3.8, 4) is 6.07 Å². The van der Waals surface area contributed by atoms with Gasteiger partial charge in [-0.3, -0.25) is 29.3 Å². The van der Waals surface area contributed by atoms with Crippen LogP contribution in [0.4, 0.5) is 16.4 Å². The normalized spacial score (nSPS) is 12.3. The lowest BCUT2D eigenvalue weighted by Crippen LogP contribution is -2.33. The molecule has 0 aliphatic carbocycles. The standard InChI is InChI=1S/C34H28N6O6S2/c1-21(41)39-15-14-27-28(18-35)34(48-30(27)19-39)38-31(42)20-47-26-9-5-8-24(17-26)36-33(44)29(37-32(43)23-6-3-2-4-7-23)16-22-10-12-25(13-11-22)40(45)46/h2-13,16-17H,14-15,19-20H2,1H3,(H,36,44)(H,37,43)(H,38,42)/b29-16+. The topological polar surface area (TPSA) is 175 Å². The molecule has 1 aromatic heterocycles. The third-order valence-corrected chi connectivity index (χ3v) is 9.40. The molecule has 0 saturated carbocycles. The lowest BCUT2D eigenvalue weighted by atomic mass is 10.0. The van der Waals surface area contributed by atoms with Crippen molar-refractivity contribution in [1.29, 1.82) is 5.26 Å². The number of nitro benzene ring substituents is 1. The molecule has 0 radical (unpaired) electrons. The second kappa shape index (κ2) is 15.2. The lowest BCUT2D eigenvalue weighted by molar-refractivity contribution is -0.384. The maximum atomic E-state index is 13.4. The Labute approximate surface area is 283 Å². The molecule has 12 nitrogen and oxygen atoms in total. The van der Waals surface area contributed by atoms with Gasteiger partial charge in [-0.05, 0) is 66.1 Å². The maximum absolute atomic E-state index is 13.4. The van der Waals surface area contributed by atoms with Gasteiger partial charge < -0.3 is 20.9 Å². The van der Waals surface area contributed by atoms with Crippen molar-refractivity contribution in [3.63, 3.8) is 0 Å². The van der Waals surface area contributed by atoms with E-state index in [2.05, 4.69) is 22.0 Å². The molecule has 0 bridgehead atoms. The van der Waals surface area contributed by atoms with Gasteiger partial charge in [0.2, 0.25) is 11.8 Å². The zero-order chi connectivity index (χ0) is 34.2. The zero-order valence-electron chi connectivity index (χ0n) is 25.5. The van der Waals surface area contributed by atoms with Crippen molar-refractivity contribution in [2.24, 2.45) is 0 Å². The number of thioether (sulfide) groups is 1. The van der Waals surface area contributed by atoms with Crippen molar-refractivity contribution in [2.75, 3.05) is 22.9 Å². The number of non-ortho nitro benzene ring substituents is 1. The first-order valence-electron chi connectivity index (χ1n) is 14.6. The van der Waals surface area contributed by atoms with Crippen LogP contribution in [0.5, 0.6) is 0 Å². The lowest BCUT2D eigenvalue weighted by Gasteiger charge is -2.25. The van der Waals surface area contributed by atoms with Gasteiger partial charge in [-0.1, -0.05) is 24.3 Å². The van der Waals surface area contributed by atoms with Crippen LogP contribution in [0.25, 0.3) is 6.08 Å². The molecule has 0 saturated heterocycles. The number of anilines is 2. The minimum Gasteiger partial charge on any atom is -0.337 e. The van der Waals surface area contributed by atoms with E-state index in [1.807, 2.05) is 0 Å². The van der Waals surface area contributed by atoms with Gasteiger partial charge in [-0.15, -0.1) is 23.1 Å². The number of nitriles is 1. The Morgan fingerprint density at radius 1 is 1.04 bits per heavy atom. The number of amides is 4. The number of nitro groups is 1. The molecule has 242 valence electrons. The van der Waals surface area contributed by atoms with Crippen LogP contribution in [-0.2, 0) is 27.3 Å². The van der Waals surface area contributed by atoms with Crippen LogP contribution in [-0.4, -0.2) is 45.7 Å². The van der Waals surface area contributed by atoms with Gasteiger partial charge in [0.15, 0.2) is 0 Å². The van der Waals surface area contributed by atoms with Crippen LogP contribution < -0.4 is 16.0 Å². The Bertz CT molecular complexity index is 1970. The molecule has 0 spiro atoms. The molecule has 2 heterocycles. The van der Waals surface area contributed by atoms with Crippen molar-refractivity contribution in [2.45, 2.75) is 24.8 Å². The summed E-state index contributed by atoms with van der Waals surface area (Å²) in [5.74, 6) is -1.47. The van der Waals surface area contributed by atoms with E-state index >= 15 is 0 Å². The van der Waals surface area contributed by atoms with Gasteiger partial charge in [0.1, 0.15) is 16.8 Å². The molecule has 3 N–H and O–H groups in total.